The molecule has 4 heteroatoms. The maximum Gasteiger partial charge on any atom is 0.288 e. The molecule has 0 aliphatic carbocycles. The Morgan fingerprint density at radius 3 is 2.47 bits per heavy atom. The van der Waals surface area contributed by atoms with Crippen molar-refractivity contribution in [2.24, 2.45) is 5.84 Å². The van der Waals surface area contributed by atoms with Crippen LogP contribution in [0.2, 0.25) is 0 Å². The Kier molecular flexibility index (Phi) is 2.51. The molecule has 0 saturated heterocycles. The SMILES string of the molecule is NN(C(=O)c1ccc[nH]1)c1ccccc1. The van der Waals surface area contributed by atoms with E-state index in [4.69, 9.17) is 5.84 Å². The third-order valence-corrected chi connectivity index (χ3v) is 2.08. The number of aromatic nitrogens is 1. The number of amides is 1. The molecule has 3 N–H and O–H groups in total. The molecule has 0 fully saturated rings. The van der Waals surface area contributed by atoms with E-state index in [1.54, 1.807) is 30.5 Å². The Hall–Kier alpha value is -2.07. The number of para-hydroxylation sites is 1. The highest BCUT2D eigenvalue weighted by molar-refractivity contribution is 6.03. The summed E-state index contributed by atoms with van der Waals surface area (Å²) in [5.74, 6) is 5.44. The Morgan fingerprint density at radius 2 is 1.87 bits per heavy atom. The summed E-state index contributed by atoms with van der Waals surface area (Å²) in [4.78, 5) is 14.6. The van der Waals surface area contributed by atoms with E-state index in [9.17, 15) is 4.79 Å². The van der Waals surface area contributed by atoms with E-state index in [1.165, 1.54) is 0 Å². The molecular weight excluding hydrogens is 190 g/mol. The van der Waals surface area contributed by atoms with Gasteiger partial charge >= 0.3 is 0 Å². The Balaban J connectivity index is 2.23. The van der Waals surface area contributed by atoms with Crippen molar-refractivity contribution in [1.82, 2.24) is 4.98 Å². The first-order valence-corrected chi connectivity index (χ1v) is 4.56. The zero-order valence-corrected chi connectivity index (χ0v) is 8.05. The summed E-state index contributed by atoms with van der Waals surface area (Å²) in [6, 6.07) is 12.5. The first kappa shape index (κ1) is 9.48. The minimum atomic E-state index is -0.258. The number of aromatic amines is 1. The van der Waals surface area contributed by atoms with E-state index < -0.39 is 0 Å². The van der Waals surface area contributed by atoms with Gasteiger partial charge in [0.2, 0.25) is 0 Å². The quantitative estimate of drug-likeness (QED) is 0.439. The molecule has 1 aromatic heterocycles. The summed E-state index contributed by atoms with van der Waals surface area (Å²) < 4.78 is 0. The van der Waals surface area contributed by atoms with Gasteiger partial charge in [0, 0.05) is 6.20 Å². The van der Waals surface area contributed by atoms with Crippen molar-refractivity contribution in [3.8, 4) is 0 Å². The zero-order chi connectivity index (χ0) is 10.7. The number of benzene rings is 1. The number of nitrogens with two attached hydrogens (primary N) is 1. The van der Waals surface area contributed by atoms with Crippen LogP contribution in [0, 0.1) is 0 Å². The van der Waals surface area contributed by atoms with E-state index >= 15 is 0 Å². The molecule has 0 bridgehead atoms. The second kappa shape index (κ2) is 3.98. The summed E-state index contributed by atoms with van der Waals surface area (Å²) in [7, 11) is 0. The van der Waals surface area contributed by atoms with Crippen LogP contribution in [0.4, 0.5) is 5.69 Å². The fraction of sp³-hybridized carbons (Fsp3) is 0. The van der Waals surface area contributed by atoms with E-state index in [1.807, 2.05) is 18.2 Å². The highest BCUT2D eigenvalue weighted by atomic mass is 16.2. The lowest BCUT2D eigenvalue weighted by Crippen LogP contribution is -2.37. The molecule has 0 radical (unpaired) electrons. The van der Waals surface area contributed by atoms with Crippen molar-refractivity contribution in [2.75, 3.05) is 5.01 Å². The lowest BCUT2D eigenvalue weighted by atomic mass is 10.3. The fourth-order valence-corrected chi connectivity index (χ4v) is 1.30. The summed E-state index contributed by atoms with van der Waals surface area (Å²) in [6.45, 7) is 0. The summed E-state index contributed by atoms with van der Waals surface area (Å²) in [6.07, 6.45) is 1.69. The molecule has 0 atom stereocenters. The second-order valence-electron chi connectivity index (χ2n) is 3.09. The van der Waals surface area contributed by atoms with Crippen LogP contribution in [-0.4, -0.2) is 10.9 Å². The maximum atomic E-state index is 11.8. The third kappa shape index (κ3) is 1.89. The molecule has 76 valence electrons. The van der Waals surface area contributed by atoms with E-state index in [2.05, 4.69) is 4.98 Å². The van der Waals surface area contributed by atoms with Crippen LogP contribution in [-0.2, 0) is 0 Å². The normalized spacial score (nSPS) is 9.93. The van der Waals surface area contributed by atoms with Crippen LogP contribution < -0.4 is 10.9 Å². The number of rotatable bonds is 2. The van der Waals surface area contributed by atoms with Crippen molar-refractivity contribution in [3.05, 3.63) is 54.4 Å². The van der Waals surface area contributed by atoms with Crippen molar-refractivity contribution in [1.29, 1.82) is 0 Å². The number of nitrogens with zero attached hydrogens (tertiary/aromatic N) is 1. The number of carbonyl (C=O) groups is 1. The number of hydrogen-bond acceptors (Lipinski definition) is 2. The Morgan fingerprint density at radius 1 is 1.13 bits per heavy atom. The summed E-state index contributed by atoms with van der Waals surface area (Å²) >= 11 is 0. The lowest BCUT2D eigenvalue weighted by Gasteiger charge is -2.15. The average Bonchev–Trinajstić information content (AvgIpc) is 2.82. The minimum absolute atomic E-state index is 0.258. The van der Waals surface area contributed by atoms with Gasteiger partial charge in [-0.15, -0.1) is 0 Å². The molecule has 4 nitrogen and oxygen atoms in total. The average molecular weight is 201 g/mol. The molecule has 0 spiro atoms. The Labute approximate surface area is 87.3 Å². The van der Waals surface area contributed by atoms with Crippen LogP contribution in [0.3, 0.4) is 0 Å². The van der Waals surface area contributed by atoms with Gasteiger partial charge in [-0.1, -0.05) is 18.2 Å². The Bertz CT molecular complexity index is 436. The van der Waals surface area contributed by atoms with Crippen LogP contribution in [0.25, 0.3) is 0 Å². The minimum Gasteiger partial charge on any atom is -0.357 e. The molecule has 1 heterocycles. The van der Waals surface area contributed by atoms with Gasteiger partial charge in [-0.05, 0) is 24.3 Å². The molecule has 2 rings (SSSR count). The van der Waals surface area contributed by atoms with Crippen molar-refractivity contribution in [3.63, 3.8) is 0 Å². The van der Waals surface area contributed by atoms with Crippen LogP contribution >= 0.6 is 0 Å². The number of nitrogens with one attached hydrogen (secondary N) is 1. The number of hydrogen-bond donors (Lipinski definition) is 2. The van der Waals surface area contributed by atoms with Crippen molar-refractivity contribution < 1.29 is 4.79 Å². The predicted octanol–water partition coefficient (Wildman–Crippen LogP) is 1.54. The standard InChI is InChI=1S/C11H11N3O/c12-14(9-5-2-1-3-6-9)11(15)10-7-4-8-13-10/h1-8,13H,12H2. The highest BCUT2D eigenvalue weighted by Crippen LogP contribution is 2.11. The maximum absolute atomic E-state index is 11.8. The van der Waals surface area contributed by atoms with Crippen molar-refractivity contribution >= 4 is 11.6 Å². The smallest absolute Gasteiger partial charge is 0.288 e. The first-order chi connectivity index (χ1) is 7.29. The fourth-order valence-electron chi connectivity index (χ4n) is 1.30. The van der Waals surface area contributed by atoms with E-state index in [0.717, 1.165) is 5.01 Å². The van der Waals surface area contributed by atoms with Crippen LogP contribution in [0.5, 0.6) is 0 Å². The highest BCUT2D eigenvalue weighted by Gasteiger charge is 2.13. The van der Waals surface area contributed by atoms with Crippen LogP contribution in [0.15, 0.2) is 48.7 Å². The molecule has 2 aromatic rings. The lowest BCUT2D eigenvalue weighted by molar-refractivity contribution is 0.0982. The number of H-pyrrole nitrogens is 1. The van der Waals surface area contributed by atoms with E-state index in [0.29, 0.717) is 11.4 Å². The first-order valence-electron chi connectivity index (χ1n) is 4.56. The van der Waals surface area contributed by atoms with Gasteiger partial charge in [0.05, 0.1) is 5.69 Å². The van der Waals surface area contributed by atoms with Crippen LogP contribution in [0.1, 0.15) is 10.5 Å². The second-order valence-corrected chi connectivity index (χ2v) is 3.09. The largest absolute Gasteiger partial charge is 0.357 e. The molecule has 0 unspecified atom stereocenters. The number of carbonyl (C=O) groups excluding carboxylic acids is 1. The van der Waals surface area contributed by atoms with E-state index in [-0.39, 0.29) is 5.91 Å². The van der Waals surface area contributed by atoms with Gasteiger partial charge in [-0.2, -0.15) is 0 Å². The van der Waals surface area contributed by atoms with Gasteiger partial charge < -0.3 is 4.98 Å². The van der Waals surface area contributed by atoms with Gasteiger partial charge in [0.15, 0.2) is 0 Å². The number of hydrazine groups is 1. The number of anilines is 1. The predicted molar refractivity (Wildman–Crippen MR) is 58.2 cm³/mol. The molecular formula is C11H11N3O. The zero-order valence-electron chi connectivity index (χ0n) is 8.05. The van der Waals surface area contributed by atoms with Gasteiger partial charge in [-0.25, -0.2) is 10.9 Å². The summed E-state index contributed by atoms with van der Waals surface area (Å²) in [5.41, 5.74) is 1.14. The molecule has 0 aliphatic heterocycles. The van der Waals surface area contributed by atoms with Gasteiger partial charge in [-0.3, -0.25) is 4.79 Å². The molecule has 0 aliphatic rings. The third-order valence-electron chi connectivity index (χ3n) is 2.08. The molecule has 0 saturated carbocycles. The summed E-state index contributed by atoms with van der Waals surface area (Å²) in [5, 5.41) is 1.12. The van der Waals surface area contributed by atoms with Gasteiger partial charge in [0.1, 0.15) is 5.69 Å². The van der Waals surface area contributed by atoms with Gasteiger partial charge in [0.25, 0.3) is 5.91 Å². The van der Waals surface area contributed by atoms with Crippen molar-refractivity contribution in [2.45, 2.75) is 0 Å². The topological polar surface area (TPSA) is 62.1 Å². The monoisotopic (exact) mass is 201 g/mol. The molecule has 1 amide bonds. The molecule has 1 aromatic carbocycles. The molecule has 15 heavy (non-hydrogen) atoms.